The van der Waals surface area contributed by atoms with E-state index in [4.69, 9.17) is 9.84 Å². The van der Waals surface area contributed by atoms with Gasteiger partial charge in [-0.3, -0.25) is 0 Å². The molecule has 0 unspecified atom stereocenters. The molecule has 0 saturated carbocycles. The molecule has 15 heavy (non-hydrogen) atoms. The van der Waals surface area contributed by atoms with Crippen molar-refractivity contribution in [3.8, 4) is 0 Å². The van der Waals surface area contributed by atoms with Crippen LogP contribution in [0.25, 0.3) is 0 Å². The predicted molar refractivity (Wildman–Crippen MR) is 64.1 cm³/mol. The van der Waals surface area contributed by atoms with Crippen LogP contribution in [0.4, 0.5) is 0 Å². The van der Waals surface area contributed by atoms with Crippen LogP contribution in [-0.4, -0.2) is 50.5 Å². The highest BCUT2D eigenvalue weighted by molar-refractivity contribution is 4.87. The van der Waals surface area contributed by atoms with Gasteiger partial charge in [0.1, 0.15) is 0 Å². The third-order valence-corrected chi connectivity index (χ3v) is 3.23. The summed E-state index contributed by atoms with van der Waals surface area (Å²) in [6, 6.07) is 0. The van der Waals surface area contributed by atoms with E-state index in [9.17, 15) is 0 Å². The van der Waals surface area contributed by atoms with Crippen molar-refractivity contribution in [2.24, 2.45) is 5.41 Å². The smallest absolute Gasteiger partial charge is 0.0524 e. The Hall–Kier alpha value is -0.120. The van der Waals surface area contributed by atoms with E-state index in [0.29, 0.717) is 5.41 Å². The van der Waals surface area contributed by atoms with Gasteiger partial charge in [-0.15, -0.1) is 0 Å². The fourth-order valence-corrected chi connectivity index (χ4v) is 2.14. The highest BCUT2D eigenvalue weighted by Crippen LogP contribution is 2.38. The molecular weight excluding hydrogens is 190 g/mol. The van der Waals surface area contributed by atoms with E-state index in [1.165, 1.54) is 32.4 Å². The number of hydrogen-bond acceptors (Lipinski definition) is 3. The monoisotopic (exact) mass is 217 g/mol. The second-order valence-corrected chi connectivity index (χ2v) is 4.11. The maximum atomic E-state index is 7.00. The number of aliphatic hydroxyl groups is 1. The quantitative estimate of drug-likeness (QED) is 0.671. The molecule has 92 valence electrons. The summed E-state index contributed by atoms with van der Waals surface area (Å²) >= 11 is 0. The van der Waals surface area contributed by atoms with Crippen molar-refractivity contribution in [3.05, 3.63) is 0 Å². The number of hydrogen-bond donors (Lipinski definition) is 1. The van der Waals surface area contributed by atoms with Gasteiger partial charge in [0, 0.05) is 13.7 Å². The fraction of sp³-hybridized carbons (Fsp3) is 1.00. The zero-order valence-electron chi connectivity index (χ0n) is 10.8. The van der Waals surface area contributed by atoms with Gasteiger partial charge >= 0.3 is 0 Å². The van der Waals surface area contributed by atoms with Crippen LogP contribution >= 0.6 is 0 Å². The molecule has 1 N–H and O–H groups in total. The Morgan fingerprint density at radius 2 is 1.60 bits per heavy atom. The summed E-state index contributed by atoms with van der Waals surface area (Å²) in [5.74, 6) is 0. The molecule has 2 aliphatic rings. The maximum absolute atomic E-state index is 7.00. The zero-order valence-corrected chi connectivity index (χ0v) is 10.8. The normalized spacial score (nSPS) is 23.8. The highest BCUT2D eigenvalue weighted by Gasteiger charge is 2.36. The van der Waals surface area contributed by atoms with E-state index in [-0.39, 0.29) is 0 Å². The summed E-state index contributed by atoms with van der Waals surface area (Å²) in [5, 5.41) is 7.00. The summed E-state index contributed by atoms with van der Waals surface area (Å²) in [7, 11) is 3.21. The minimum Gasteiger partial charge on any atom is -0.400 e. The molecule has 3 nitrogen and oxygen atoms in total. The highest BCUT2D eigenvalue weighted by atomic mass is 16.5. The number of likely N-dealkylation sites (tertiary alicyclic amines) is 1. The Labute approximate surface area is 94.4 Å². The number of rotatable bonds is 0. The Morgan fingerprint density at radius 3 is 2.00 bits per heavy atom. The molecule has 2 saturated heterocycles. The molecule has 2 rings (SSSR count). The first-order valence-corrected chi connectivity index (χ1v) is 6.02. The van der Waals surface area contributed by atoms with Crippen molar-refractivity contribution >= 4 is 0 Å². The van der Waals surface area contributed by atoms with Crippen LogP contribution in [0.3, 0.4) is 0 Å². The molecule has 2 fully saturated rings. The SMILES string of the molecule is CC.CN1CCC2(CCOC2)CC1.CO. The molecule has 0 aliphatic carbocycles. The fourth-order valence-electron chi connectivity index (χ4n) is 2.14. The third kappa shape index (κ3) is 4.49. The molecule has 0 aromatic carbocycles. The van der Waals surface area contributed by atoms with Crippen molar-refractivity contribution in [1.82, 2.24) is 4.90 Å². The summed E-state index contributed by atoms with van der Waals surface area (Å²) < 4.78 is 5.45. The predicted octanol–water partition coefficient (Wildman–Crippen LogP) is 1.75. The lowest BCUT2D eigenvalue weighted by Gasteiger charge is -2.36. The van der Waals surface area contributed by atoms with Gasteiger partial charge in [-0.2, -0.15) is 0 Å². The van der Waals surface area contributed by atoms with Crippen molar-refractivity contribution < 1.29 is 9.84 Å². The number of nitrogens with zero attached hydrogens (tertiary/aromatic N) is 1. The van der Waals surface area contributed by atoms with Crippen molar-refractivity contribution in [1.29, 1.82) is 0 Å². The second-order valence-electron chi connectivity index (χ2n) is 4.11. The Bertz CT molecular complexity index is 135. The molecule has 0 aromatic rings. The second kappa shape index (κ2) is 8.08. The first kappa shape index (κ1) is 14.9. The van der Waals surface area contributed by atoms with E-state index in [1.54, 1.807) is 0 Å². The van der Waals surface area contributed by atoms with Crippen LogP contribution in [0.15, 0.2) is 0 Å². The largest absolute Gasteiger partial charge is 0.400 e. The van der Waals surface area contributed by atoms with E-state index in [0.717, 1.165) is 20.3 Å². The number of piperidine rings is 1. The van der Waals surface area contributed by atoms with E-state index < -0.39 is 0 Å². The number of ether oxygens (including phenoxy) is 1. The van der Waals surface area contributed by atoms with Crippen molar-refractivity contribution in [3.63, 3.8) is 0 Å². The van der Waals surface area contributed by atoms with E-state index in [1.807, 2.05) is 13.8 Å². The average Bonchev–Trinajstić information content (AvgIpc) is 2.77. The summed E-state index contributed by atoms with van der Waals surface area (Å²) in [4.78, 5) is 2.42. The first-order valence-electron chi connectivity index (χ1n) is 6.02. The molecule has 2 aliphatic heterocycles. The van der Waals surface area contributed by atoms with Crippen molar-refractivity contribution in [2.75, 3.05) is 40.5 Å². The van der Waals surface area contributed by atoms with Gasteiger partial charge in [-0.1, -0.05) is 13.8 Å². The van der Waals surface area contributed by atoms with Gasteiger partial charge in [-0.05, 0) is 44.8 Å². The minimum atomic E-state index is 0.590. The molecule has 0 aromatic heterocycles. The maximum Gasteiger partial charge on any atom is 0.0524 e. The van der Waals surface area contributed by atoms with Gasteiger partial charge in [0.2, 0.25) is 0 Å². The van der Waals surface area contributed by atoms with Crippen LogP contribution in [0.1, 0.15) is 33.1 Å². The van der Waals surface area contributed by atoms with Crippen LogP contribution in [0, 0.1) is 5.41 Å². The minimum absolute atomic E-state index is 0.590. The van der Waals surface area contributed by atoms with Crippen molar-refractivity contribution in [2.45, 2.75) is 33.1 Å². The van der Waals surface area contributed by atoms with Crippen LogP contribution in [-0.2, 0) is 4.74 Å². The van der Waals surface area contributed by atoms with Crippen LogP contribution in [0.2, 0.25) is 0 Å². The summed E-state index contributed by atoms with van der Waals surface area (Å²) in [6.07, 6.45) is 4.01. The standard InChI is InChI=1S/C9H17NO.C2H6.CH4O/c1-10-5-2-9(3-6-10)4-7-11-8-9;2*1-2/h2-8H2,1H3;1-2H3;2H,1H3. The third-order valence-electron chi connectivity index (χ3n) is 3.23. The molecule has 3 heteroatoms. The van der Waals surface area contributed by atoms with E-state index >= 15 is 0 Å². The molecular formula is C12H27NO2. The lowest BCUT2D eigenvalue weighted by Crippen LogP contribution is -2.38. The first-order chi connectivity index (χ1) is 7.31. The van der Waals surface area contributed by atoms with Crippen LogP contribution < -0.4 is 0 Å². The lowest BCUT2D eigenvalue weighted by atomic mass is 9.78. The average molecular weight is 217 g/mol. The van der Waals surface area contributed by atoms with Gasteiger partial charge in [0.05, 0.1) is 6.61 Å². The van der Waals surface area contributed by atoms with Crippen LogP contribution in [0.5, 0.6) is 0 Å². The van der Waals surface area contributed by atoms with Gasteiger partial charge in [-0.25, -0.2) is 0 Å². The Morgan fingerprint density at radius 1 is 1.07 bits per heavy atom. The molecule has 1 spiro atoms. The Kier molecular flexibility index (Phi) is 8.02. The summed E-state index contributed by atoms with van der Waals surface area (Å²) in [5.41, 5.74) is 0.590. The molecule has 0 radical (unpaired) electrons. The van der Waals surface area contributed by atoms with Gasteiger partial charge in [0.25, 0.3) is 0 Å². The zero-order chi connectivity index (χ0) is 11.7. The molecule has 2 heterocycles. The molecule has 0 amide bonds. The molecule has 0 atom stereocenters. The Balaban J connectivity index is 0.000000442. The topological polar surface area (TPSA) is 32.7 Å². The van der Waals surface area contributed by atoms with Gasteiger partial charge < -0.3 is 14.7 Å². The summed E-state index contributed by atoms with van der Waals surface area (Å²) in [6.45, 7) is 8.57. The lowest BCUT2D eigenvalue weighted by molar-refractivity contribution is 0.0921. The number of aliphatic hydroxyl groups excluding tert-OH is 1. The van der Waals surface area contributed by atoms with E-state index in [2.05, 4.69) is 11.9 Å². The van der Waals surface area contributed by atoms with Gasteiger partial charge in [0.15, 0.2) is 0 Å². The molecule has 0 bridgehead atoms.